The van der Waals surface area contributed by atoms with Crippen molar-refractivity contribution >= 4 is 29.3 Å². The van der Waals surface area contributed by atoms with E-state index in [1.807, 2.05) is 19.1 Å². The third-order valence-corrected chi connectivity index (χ3v) is 5.53. The van der Waals surface area contributed by atoms with E-state index in [-0.39, 0.29) is 11.8 Å². The molecule has 0 aromatic carbocycles. The molecule has 2 aromatic rings. The highest BCUT2D eigenvalue weighted by molar-refractivity contribution is 6.29. The SMILES string of the molecule is CCNC(=NCc1cccnc1N1CCC(C(N)=O)CC1)NCCc1ccc(Cl)nc1. The van der Waals surface area contributed by atoms with Gasteiger partial charge in [-0.3, -0.25) is 4.79 Å². The molecule has 0 bridgehead atoms. The zero-order valence-electron chi connectivity index (χ0n) is 17.9. The molecule has 0 unspecified atom stereocenters. The van der Waals surface area contributed by atoms with Crippen LogP contribution in [0, 0.1) is 5.92 Å². The summed E-state index contributed by atoms with van der Waals surface area (Å²) in [6, 6.07) is 7.75. The van der Waals surface area contributed by atoms with Crippen LogP contribution in [0.4, 0.5) is 5.82 Å². The van der Waals surface area contributed by atoms with E-state index in [0.717, 1.165) is 68.3 Å². The first-order valence-electron chi connectivity index (χ1n) is 10.7. The number of hydrogen-bond acceptors (Lipinski definition) is 5. The Hall–Kier alpha value is -2.87. The second kappa shape index (κ2) is 11.5. The third kappa shape index (κ3) is 6.82. The molecule has 4 N–H and O–H groups in total. The summed E-state index contributed by atoms with van der Waals surface area (Å²) in [5.41, 5.74) is 7.63. The van der Waals surface area contributed by atoms with Gasteiger partial charge in [-0.25, -0.2) is 15.0 Å². The van der Waals surface area contributed by atoms with Crippen molar-refractivity contribution in [2.75, 3.05) is 31.1 Å². The Kier molecular flexibility index (Phi) is 8.46. The number of guanidine groups is 1. The number of pyridine rings is 2. The number of nitrogens with two attached hydrogens (primary N) is 1. The molecule has 9 heteroatoms. The van der Waals surface area contributed by atoms with Gasteiger partial charge in [0, 0.05) is 50.1 Å². The molecule has 1 amide bonds. The van der Waals surface area contributed by atoms with Crippen LogP contribution in [-0.4, -0.2) is 48.0 Å². The standard InChI is InChI=1S/C22H30ClN7O/c1-2-25-22(27-11-7-16-5-6-19(23)28-14-16)29-15-18-4-3-10-26-21(18)30-12-8-17(9-13-30)20(24)31/h3-6,10,14,17H,2,7-9,11-13,15H2,1H3,(H2,24,31)(H2,25,27,29). The molecule has 0 spiro atoms. The first-order chi connectivity index (χ1) is 15.1. The van der Waals surface area contributed by atoms with Crippen molar-refractivity contribution in [1.82, 2.24) is 20.6 Å². The third-order valence-electron chi connectivity index (χ3n) is 5.31. The van der Waals surface area contributed by atoms with Gasteiger partial charge in [-0.1, -0.05) is 23.7 Å². The van der Waals surface area contributed by atoms with Gasteiger partial charge < -0.3 is 21.3 Å². The number of rotatable bonds is 8. The molecule has 166 valence electrons. The fourth-order valence-electron chi connectivity index (χ4n) is 3.60. The Labute approximate surface area is 188 Å². The van der Waals surface area contributed by atoms with Crippen molar-refractivity contribution in [2.45, 2.75) is 32.7 Å². The molecule has 1 aliphatic rings. The quantitative estimate of drug-likeness (QED) is 0.327. The van der Waals surface area contributed by atoms with E-state index in [1.54, 1.807) is 18.5 Å². The number of nitrogens with zero attached hydrogens (tertiary/aromatic N) is 4. The van der Waals surface area contributed by atoms with Gasteiger partial charge in [0.2, 0.25) is 5.91 Å². The van der Waals surface area contributed by atoms with Crippen LogP contribution >= 0.6 is 11.6 Å². The highest BCUT2D eigenvalue weighted by Gasteiger charge is 2.24. The largest absolute Gasteiger partial charge is 0.369 e. The van der Waals surface area contributed by atoms with E-state index >= 15 is 0 Å². The minimum absolute atomic E-state index is 0.0400. The average Bonchev–Trinajstić information content (AvgIpc) is 2.79. The van der Waals surface area contributed by atoms with Gasteiger partial charge in [0.15, 0.2) is 5.96 Å². The van der Waals surface area contributed by atoms with Crippen LogP contribution < -0.4 is 21.3 Å². The number of carbonyl (C=O) groups excluding carboxylic acids is 1. The van der Waals surface area contributed by atoms with Crippen molar-refractivity contribution in [1.29, 1.82) is 0 Å². The number of halogens is 1. The fourth-order valence-corrected chi connectivity index (χ4v) is 3.71. The minimum atomic E-state index is -0.207. The van der Waals surface area contributed by atoms with Crippen LogP contribution in [-0.2, 0) is 17.8 Å². The highest BCUT2D eigenvalue weighted by Crippen LogP contribution is 2.24. The van der Waals surface area contributed by atoms with E-state index in [2.05, 4.69) is 31.6 Å². The Bertz CT molecular complexity index is 880. The second-order valence-corrected chi connectivity index (χ2v) is 7.90. The van der Waals surface area contributed by atoms with Crippen LogP contribution in [0.15, 0.2) is 41.7 Å². The lowest BCUT2D eigenvalue weighted by Gasteiger charge is -2.32. The van der Waals surface area contributed by atoms with E-state index in [0.29, 0.717) is 11.7 Å². The van der Waals surface area contributed by atoms with Gasteiger partial charge in [-0.2, -0.15) is 0 Å². The minimum Gasteiger partial charge on any atom is -0.369 e. The summed E-state index contributed by atoms with van der Waals surface area (Å²) in [5.74, 6) is 1.44. The number of anilines is 1. The fraction of sp³-hybridized carbons (Fsp3) is 0.455. The molecular weight excluding hydrogens is 414 g/mol. The molecule has 3 rings (SSSR count). The predicted molar refractivity (Wildman–Crippen MR) is 124 cm³/mol. The maximum Gasteiger partial charge on any atom is 0.220 e. The Morgan fingerprint density at radius 2 is 2.06 bits per heavy atom. The van der Waals surface area contributed by atoms with Crippen molar-refractivity contribution in [3.8, 4) is 0 Å². The van der Waals surface area contributed by atoms with Crippen LogP contribution in [0.3, 0.4) is 0 Å². The number of hydrogen-bond donors (Lipinski definition) is 3. The summed E-state index contributed by atoms with van der Waals surface area (Å²) < 4.78 is 0. The maximum absolute atomic E-state index is 11.4. The second-order valence-electron chi connectivity index (χ2n) is 7.51. The van der Waals surface area contributed by atoms with E-state index in [9.17, 15) is 4.79 Å². The molecule has 1 saturated heterocycles. The number of carbonyl (C=O) groups is 1. The maximum atomic E-state index is 11.4. The molecule has 0 atom stereocenters. The molecule has 1 fully saturated rings. The first-order valence-corrected chi connectivity index (χ1v) is 11.1. The van der Waals surface area contributed by atoms with Crippen molar-refractivity contribution in [2.24, 2.45) is 16.6 Å². The zero-order valence-corrected chi connectivity index (χ0v) is 18.6. The lowest BCUT2D eigenvalue weighted by Crippen LogP contribution is -2.39. The van der Waals surface area contributed by atoms with E-state index in [4.69, 9.17) is 22.3 Å². The summed E-state index contributed by atoms with van der Waals surface area (Å²) in [6.07, 6.45) is 5.93. The molecule has 31 heavy (non-hydrogen) atoms. The smallest absolute Gasteiger partial charge is 0.220 e. The van der Waals surface area contributed by atoms with Gasteiger partial charge >= 0.3 is 0 Å². The molecule has 0 aliphatic carbocycles. The number of primary amides is 1. The molecule has 8 nitrogen and oxygen atoms in total. The lowest BCUT2D eigenvalue weighted by atomic mass is 9.96. The number of amides is 1. The van der Waals surface area contributed by atoms with Crippen LogP contribution in [0.2, 0.25) is 5.15 Å². The van der Waals surface area contributed by atoms with Gasteiger partial charge in [-0.05, 0) is 43.9 Å². The number of nitrogens with one attached hydrogen (secondary N) is 2. The summed E-state index contributed by atoms with van der Waals surface area (Å²) in [7, 11) is 0. The first kappa shape index (κ1) is 22.8. The zero-order chi connectivity index (χ0) is 22.1. The van der Waals surface area contributed by atoms with Crippen molar-refractivity contribution in [3.63, 3.8) is 0 Å². The average molecular weight is 444 g/mol. The van der Waals surface area contributed by atoms with Crippen LogP contribution in [0.25, 0.3) is 0 Å². The molecule has 0 radical (unpaired) electrons. The van der Waals surface area contributed by atoms with Gasteiger partial charge in [-0.15, -0.1) is 0 Å². The van der Waals surface area contributed by atoms with Gasteiger partial charge in [0.1, 0.15) is 11.0 Å². The summed E-state index contributed by atoms with van der Waals surface area (Å²) in [6.45, 7) is 5.60. The molecular formula is C22H30ClN7O. The van der Waals surface area contributed by atoms with E-state index in [1.165, 1.54) is 0 Å². The molecule has 3 heterocycles. The number of aliphatic imine (C=N–C) groups is 1. The Balaban J connectivity index is 1.60. The highest BCUT2D eigenvalue weighted by atomic mass is 35.5. The summed E-state index contributed by atoms with van der Waals surface area (Å²) in [5, 5.41) is 7.14. The predicted octanol–water partition coefficient (Wildman–Crippen LogP) is 2.13. The monoisotopic (exact) mass is 443 g/mol. The molecule has 1 aliphatic heterocycles. The molecule has 0 saturated carbocycles. The lowest BCUT2D eigenvalue weighted by molar-refractivity contribution is -0.122. The normalized spacial score (nSPS) is 15.0. The van der Waals surface area contributed by atoms with Crippen molar-refractivity contribution in [3.05, 3.63) is 52.9 Å². The Morgan fingerprint density at radius 3 is 2.74 bits per heavy atom. The Morgan fingerprint density at radius 1 is 1.26 bits per heavy atom. The van der Waals surface area contributed by atoms with Crippen molar-refractivity contribution < 1.29 is 4.79 Å². The topological polar surface area (TPSA) is 109 Å². The number of aromatic nitrogens is 2. The van der Waals surface area contributed by atoms with Crippen LogP contribution in [0.1, 0.15) is 30.9 Å². The van der Waals surface area contributed by atoms with E-state index < -0.39 is 0 Å². The summed E-state index contributed by atoms with van der Waals surface area (Å²) in [4.78, 5) is 27.1. The van der Waals surface area contributed by atoms with Gasteiger partial charge in [0.25, 0.3) is 0 Å². The van der Waals surface area contributed by atoms with Crippen LogP contribution in [0.5, 0.6) is 0 Å². The molecule has 2 aromatic heterocycles. The summed E-state index contributed by atoms with van der Waals surface area (Å²) >= 11 is 5.84. The van der Waals surface area contributed by atoms with Gasteiger partial charge in [0.05, 0.1) is 6.54 Å². The number of piperidine rings is 1.